The molecule has 0 radical (unpaired) electrons. The zero-order chi connectivity index (χ0) is 22.2. The summed E-state index contributed by atoms with van der Waals surface area (Å²) in [7, 11) is 0. The number of aromatic nitrogens is 3. The van der Waals surface area contributed by atoms with Crippen molar-refractivity contribution < 1.29 is 22.3 Å². The van der Waals surface area contributed by atoms with Crippen molar-refractivity contribution in [3.05, 3.63) is 94.4 Å². The highest BCUT2D eigenvalue weighted by atomic mass is 19.4. The summed E-state index contributed by atoms with van der Waals surface area (Å²) in [4.78, 5) is 19.9. The van der Waals surface area contributed by atoms with Gasteiger partial charge in [0.25, 0.3) is 5.56 Å². The first-order chi connectivity index (χ1) is 14.7. The van der Waals surface area contributed by atoms with Crippen LogP contribution in [0.5, 0.6) is 11.6 Å². The van der Waals surface area contributed by atoms with E-state index in [1.165, 1.54) is 36.8 Å². The van der Waals surface area contributed by atoms with Crippen molar-refractivity contribution in [1.82, 2.24) is 14.5 Å². The molecule has 1 atom stereocenters. The average molecular weight is 429 g/mol. The molecule has 4 aromatic rings. The molecule has 1 unspecified atom stereocenters. The molecule has 2 aromatic carbocycles. The van der Waals surface area contributed by atoms with Gasteiger partial charge >= 0.3 is 6.18 Å². The van der Waals surface area contributed by atoms with Crippen molar-refractivity contribution in [2.45, 2.75) is 19.1 Å². The lowest BCUT2D eigenvalue weighted by Gasteiger charge is -2.19. The Balaban J connectivity index is 1.75. The predicted molar refractivity (Wildman–Crippen MR) is 106 cm³/mol. The van der Waals surface area contributed by atoms with Crippen LogP contribution >= 0.6 is 0 Å². The summed E-state index contributed by atoms with van der Waals surface area (Å²) in [5, 5.41) is 0.165. The maximum atomic E-state index is 13.2. The van der Waals surface area contributed by atoms with Gasteiger partial charge in [0.05, 0.1) is 23.3 Å². The maximum absolute atomic E-state index is 13.2. The van der Waals surface area contributed by atoms with Crippen LogP contribution in [-0.2, 0) is 6.18 Å². The van der Waals surface area contributed by atoms with Crippen molar-refractivity contribution in [3.63, 3.8) is 0 Å². The molecule has 158 valence electrons. The van der Waals surface area contributed by atoms with Gasteiger partial charge in [-0.3, -0.25) is 4.79 Å². The van der Waals surface area contributed by atoms with Gasteiger partial charge in [0.1, 0.15) is 17.1 Å². The number of benzene rings is 2. The van der Waals surface area contributed by atoms with Gasteiger partial charge in [0.2, 0.25) is 5.88 Å². The number of fused-ring (bicyclic) bond motifs is 1. The number of halogens is 4. The van der Waals surface area contributed by atoms with E-state index in [-0.39, 0.29) is 23.0 Å². The molecule has 0 aliphatic rings. The van der Waals surface area contributed by atoms with Gasteiger partial charge in [-0.1, -0.05) is 12.1 Å². The largest absolute Gasteiger partial charge is 0.438 e. The second-order valence-corrected chi connectivity index (χ2v) is 6.82. The molecule has 4 rings (SSSR count). The molecule has 0 saturated carbocycles. The zero-order valence-electron chi connectivity index (χ0n) is 16.1. The van der Waals surface area contributed by atoms with Crippen molar-refractivity contribution >= 4 is 10.9 Å². The van der Waals surface area contributed by atoms with Gasteiger partial charge in [-0.15, -0.1) is 0 Å². The van der Waals surface area contributed by atoms with Gasteiger partial charge in [-0.25, -0.2) is 9.37 Å². The normalized spacial score (nSPS) is 12.7. The standard InChI is InChI=1S/C22H15F4N3O2/c1-13(14-4-6-15(23)7-5-14)29-12-28-20(30)17-11-16(8-9-19(17)29)31-21-18(22(24,25)26)3-2-10-27-21/h2-13H,1H3. The number of pyridine rings is 1. The molecule has 0 aliphatic carbocycles. The molecule has 0 amide bonds. The van der Waals surface area contributed by atoms with E-state index in [1.807, 2.05) is 6.92 Å². The van der Waals surface area contributed by atoms with Crippen LogP contribution < -0.4 is 10.3 Å². The molecule has 0 fully saturated rings. The first kappa shape index (κ1) is 20.5. The quantitative estimate of drug-likeness (QED) is 0.411. The Bertz CT molecular complexity index is 1300. The molecule has 0 bridgehead atoms. The predicted octanol–water partition coefficient (Wildman–Crippen LogP) is 5.35. The first-order valence-electron chi connectivity index (χ1n) is 9.20. The highest BCUT2D eigenvalue weighted by Gasteiger charge is 2.35. The molecule has 0 N–H and O–H groups in total. The molecule has 0 saturated heterocycles. The van der Waals surface area contributed by atoms with Crippen LogP contribution in [0, 0.1) is 5.82 Å². The summed E-state index contributed by atoms with van der Waals surface area (Å²) in [6.07, 6.45) is -2.08. The lowest BCUT2D eigenvalue weighted by molar-refractivity contribution is -0.138. The molecular formula is C22H15F4N3O2. The fourth-order valence-electron chi connectivity index (χ4n) is 3.23. The van der Waals surface area contributed by atoms with Crippen LogP contribution in [0.15, 0.2) is 71.9 Å². The van der Waals surface area contributed by atoms with Gasteiger partial charge in [0, 0.05) is 6.20 Å². The Morgan fingerprint density at radius 3 is 2.48 bits per heavy atom. The maximum Gasteiger partial charge on any atom is 0.421 e. The minimum absolute atomic E-state index is 0.0165. The second-order valence-electron chi connectivity index (χ2n) is 6.82. The monoisotopic (exact) mass is 429 g/mol. The summed E-state index contributed by atoms with van der Waals surface area (Å²) in [5.74, 6) is -0.964. The van der Waals surface area contributed by atoms with E-state index in [0.29, 0.717) is 5.52 Å². The van der Waals surface area contributed by atoms with Crippen molar-refractivity contribution in [1.29, 1.82) is 0 Å². The number of ether oxygens (including phenoxy) is 1. The second kappa shape index (κ2) is 7.82. The van der Waals surface area contributed by atoms with Gasteiger partial charge in [-0.2, -0.15) is 18.2 Å². The van der Waals surface area contributed by atoms with Crippen LogP contribution in [0.4, 0.5) is 17.6 Å². The summed E-state index contributed by atoms with van der Waals surface area (Å²) < 4.78 is 59.9. The van der Waals surface area contributed by atoms with Crippen molar-refractivity contribution in [2.24, 2.45) is 0 Å². The number of nitrogens with zero attached hydrogens (tertiary/aromatic N) is 3. The van der Waals surface area contributed by atoms with E-state index < -0.39 is 23.2 Å². The van der Waals surface area contributed by atoms with E-state index in [0.717, 1.165) is 17.7 Å². The van der Waals surface area contributed by atoms with Gasteiger partial charge in [-0.05, 0) is 55.0 Å². The Labute approximate surface area is 173 Å². The van der Waals surface area contributed by atoms with Gasteiger partial charge < -0.3 is 9.30 Å². The molecule has 9 heteroatoms. The Kier molecular flexibility index (Phi) is 5.18. The first-order valence-corrected chi connectivity index (χ1v) is 9.20. The third-order valence-electron chi connectivity index (χ3n) is 4.84. The van der Waals surface area contributed by atoms with Gasteiger partial charge in [0.15, 0.2) is 0 Å². The number of rotatable bonds is 4. The number of alkyl halides is 3. The van der Waals surface area contributed by atoms with Crippen LogP contribution in [0.25, 0.3) is 10.9 Å². The highest BCUT2D eigenvalue weighted by molar-refractivity contribution is 5.80. The van der Waals surface area contributed by atoms with E-state index in [1.54, 1.807) is 22.8 Å². The summed E-state index contributed by atoms with van der Waals surface area (Å²) in [5.41, 5.74) is -0.290. The smallest absolute Gasteiger partial charge is 0.421 e. The number of hydrogen-bond donors (Lipinski definition) is 0. The van der Waals surface area contributed by atoms with E-state index in [9.17, 15) is 22.4 Å². The van der Waals surface area contributed by atoms with E-state index in [2.05, 4.69) is 9.97 Å². The van der Waals surface area contributed by atoms with Crippen molar-refractivity contribution in [2.75, 3.05) is 0 Å². The Hall–Kier alpha value is -3.75. The van der Waals surface area contributed by atoms with Crippen LogP contribution in [-0.4, -0.2) is 14.5 Å². The fourth-order valence-corrected chi connectivity index (χ4v) is 3.23. The molecular weight excluding hydrogens is 414 g/mol. The van der Waals surface area contributed by atoms with Crippen LogP contribution in [0.3, 0.4) is 0 Å². The Morgan fingerprint density at radius 2 is 1.77 bits per heavy atom. The SMILES string of the molecule is CC(c1ccc(F)cc1)n1cnc(=O)c2cc(Oc3ncccc3C(F)(F)F)ccc21. The molecule has 31 heavy (non-hydrogen) atoms. The fraction of sp³-hybridized carbons (Fsp3) is 0.136. The zero-order valence-corrected chi connectivity index (χ0v) is 16.1. The third-order valence-corrected chi connectivity index (χ3v) is 4.84. The molecule has 5 nitrogen and oxygen atoms in total. The molecule has 0 aliphatic heterocycles. The topological polar surface area (TPSA) is 57.0 Å². The van der Waals surface area contributed by atoms with E-state index >= 15 is 0 Å². The molecule has 0 spiro atoms. The summed E-state index contributed by atoms with van der Waals surface area (Å²) >= 11 is 0. The van der Waals surface area contributed by atoms with Crippen LogP contribution in [0.2, 0.25) is 0 Å². The Morgan fingerprint density at radius 1 is 1.03 bits per heavy atom. The lowest BCUT2D eigenvalue weighted by Crippen LogP contribution is -2.16. The minimum Gasteiger partial charge on any atom is -0.438 e. The van der Waals surface area contributed by atoms with E-state index in [4.69, 9.17) is 4.74 Å². The average Bonchev–Trinajstić information content (AvgIpc) is 2.74. The highest BCUT2D eigenvalue weighted by Crippen LogP contribution is 2.37. The summed E-state index contributed by atoms with van der Waals surface area (Å²) in [6, 6.07) is 12.0. The molecule has 2 heterocycles. The number of hydrogen-bond acceptors (Lipinski definition) is 4. The lowest BCUT2D eigenvalue weighted by atomic mass is 10.1. The minimum atomic E-state index is -4.64. The van der Waals surface area contributed by atoms with Crippen LogP contribution in [0.1, 0.15) is 24.1 Å². The third kappa shape index (κ3) is 4.11. The summed E-state index contributed by atoms with van der Waals surface area (Å²) in [6.45, 7) is 1.85. The van der Waals surface area contributed by atoms with Crippen molar-refractivity contribution in [3.8, 4) is 11.6 Å². The molecule has 2 aromatic heterocycles.